The SMILES string of the molecule is O=S(=O)([N-]S(=O)(=O)C(F)(F)F)OC1CCOC1. The minimum atomic E-state index is -6.13. The molecule has 17 heavy (non-hydrogen) atoms. The summed E-state index contributed by atoms with van der Waals surface area (Å²) in [4.78, 5) is 0. The van der Waals surface area contributed by atoms with Gasteiger partial charge in [-0.1, -0.05) is 0 Å². The van der Waals surface area contributed by atoms with Crippen LogP contribution in [-0.4, -0.2) is 41.7 Å². The van der Waals surface area contributed by atoms with Crippen LogP contribution in [-0.2, 0) is 29.2 Å². The van der Waals surface area contributed by atoms with Crippen molar-refractivity contribution in [3.63, 3.8) is 0 Å². The van der Waals surface area contributed by atoms with E-state index < -0.39 is 31.9 Å². The summed E-state index contributed by atoms with van der Waals surface area (Å²) in [6.45, 7) is 0.0209. The van der Waals surface area contributed by atoms with Gasteiger partial charge in [0.15, 0.2) is 10.0 Å². The predicted molar refractivity (Wildman–Crippen MR) is 47.6 cm³/mol. The Morgan fingerprint density at radius 3 is 2.24 bits per heavy atom. The standard InChI is InChI=1S/C5H7F3NO6S2/c6-5(7,8)16(10,11)9-17(12,13)15-4-1-2-14-3-4/h4H,1-3H2/q-1. The summed E-state index contributed by atoms with van der Waals surface area (Å²) in [5, 5.41) is 0. The van der Waals surface area contributed by atoms with Crippen molar-refractivity contribution in [2.45, 2.75) is 18.0 Å². The average molecular weight is 298 g/mol. The number of nitrogens with zero attached hydrogens (tertiary/aromatic N) is 1. The lowest BCUT2D eigenvalue weighted by molar-refractivity contribution is -0.0425. The third-order valence-electron chi connectivity index (χ3n) is 1.63. The first-order valence-corrected chi connectivity index (χ1v) is 6.90. The van der Waals surface area contributed by atoms with E-state index in [-0.39, 0.29) is 19.6 Å². The van der Waals surface area contributed by atoms with Gasteiger partial charge in [0.25, 0.3) is 0 Å². The number of alkyl halides is 3. The van der Waals surface area contributed by atoms with Gasteiger partial charge in [0.05, 0.1) is 6.61 Å². The molecule has 1 heterocycles. The molecule has 1 rings (SSSR count). The van der Waals surface area contributed by atoms with Crippen LogP contribution in [0.3, 0.4) is 0 Å². The Bertz CT molecular complexity index is 462. The Balaban J connectivity index is 2.73. The molecule has 0 aliphatic carbocycles. The molecule has 0 saturated carbocycles. The number of sulfonamides is 1. The third-order valence-corrected chi connectivity index (χ3v) is 4.24. The summed E-state index contributed by atoms with van der Waals surface area (Å²) >= 11 is 0. The van der Waals surface area contributed by atoms with Gasteiger partial charge in [-0.3, -0.25) is 4.18 Å². The maximum absolute atomic E-state index is 11.9. The zero-order valence-electron chi connectivity index (χ0n) is 8.05. The fourth-order valence-corrected chi connectivity index (χ4v) is 2.88. The number of hydrogen-bond donors (Lipinski definition) is 0. The van der Waals surface area contributed by atoms with Crippen molar-refractivity contribution in [2.24, 2.45) is 0 Å². The van der Waals surface area contributed by atoms with Crippen LogP contribution in [0.5, 0.6) is 0 Å². The quantitative estimate of drug-likeness (QED) is 0.738. The molecule has 0 aromatic rings. The number of halogens is 3. The monoisotopic (exact) mass is 298 g/mol. The fourth-order valence-electron chi connectivity index (χ4n) is 0.941. The highest BCUT2D eigenvalue weighted by Gasteiger charge is 2.41. The van der Waals surface area contributed by atoms with Crippen LogP contribution in [0, 0.1) is 0 Å². The lowest BCUT2D eigenvalue weighted by Gasteiger charge is -2.23. The van der Waals surface area contributed by atoms with E-state index in [1.165, 1.54) is 0 Å². The van der Waals surface area contributed by atoms with Crippen LogP contribution >= 0.6 is 0 Å². The topological polar surface area (TPSA) is 101 Å². The maximum Gasteiger partial charge on any atom is 0.480 e. The highest BCUT2D eigenvalue weighted by Crippen LogP contribution is 2.31. The molecule has 1 aliphatic rings. The number of ether oxygens (including phenoxy) is 1. The molecule has 0 aromatic heterocycles. The number of rotatable bonds is 4. The van der Waals surface area contributed by atoms with Gasteiger partial charge in [-0.05, 0) is 0 Å². The first-order valence-electron chi connectivity index (χ1n) is 4.10. The van der Waals surface area contributed by atoms with Gasteiger partial charge in [0.2, 0.25) is 10.3 Å². The molecular formula is C5H7F3NO6S2-. The van der Waals surface area contributed by atoms with E-state index in [0.29, 0.717) is 0 Å². The summed E-state index contributed by atoms with van der Waals surface area (Å²) < 4.78 is 88.9. The zero-order valence-corrected chi connectivity index (χ0v) is 9.68. The van der Waals surface area contributed by atoms with E-state index in [1.54, 1.807) is 4.13 Å². The van der Waals surface area contributed by atoms with E-state index >= 15 is 0 Å². The van der Waals surface area contributed by atoms with E-state index in [9.17, 15) is 30.0 Å². The van der Waals surface area contributed by atoms with Crippen LogP contribution in [0.25, 0.3) is 4.13 Å². The van der Waals surface area contributed by atoms with Crippen molar-refractivity contribution < 1.29 is 38.9 Å². The molecule has 0 spiro atoms. The molecular weight excluding hydrogens is 291 g/mol. The molecule has 1 atom stereocenters. The molecule has 102 valence electrons. The highest BCUT2D eigenvalue weighted by atomic mass is 32.3. The van der Waals surface area contributed by atoms with Crippen LogP contribution in [0.2, 0.25) is 0 Å². The van der Waals surface area contributed by atoms with Crippen molar-refractivity contribution >= 4 is 20.3 Å². The average Bonchev–Trinajstić information content (AvgIpc) is 2.50. The predicted octanol–water partition coefficient (Wildman–Crippen LogP) is 0.260. The van der Waals surface area contributed by atoms with Crippen molar-refractivity contribution in [1.82, 2.24) is 0 Å². The second kappa shape index (κ2) is 4.68. The van der Waals surface area contributed by atoms with Crippen LogP contribution < -0.4 is 0 Å². The summed E-state index contributed by atoms with van der Waals surface area (Å²) in [5.74, 6) is 0. The lowest BCUT2D eigenvalue weighted by Crippen LogP contribution is -2.26. The van der Waals surface area contributed by atoms with E-state index in [0.717, 1.165) is 0 Å². The minimum absolute atomic E-state index is 0.126. The first kappa shape index (κ1) is 14.6. The van der Waals surface area contributed by atoms with Gasteiger partial charge < -0.3 is 8.86 Å². The van der Waals surface area contributed by atoms with E-state index in [1.807, 2.05) is 0 Å². The van der Waals surface area contributed by atoms with Gasteiger partial charge in [0.1, 0.15) is 6.10 Å². The van der Waals surface area contributed by atoms with Gasteiger partial charge in [0, 0.05) is 13.0 Å². The zero-order chi connectivity index (χ0) is 13.3. The molecule has 7 nitrogen and oxygen atoms in total. The molecule has 12 heteroatoms. The van der Waals surface area contributed by atoms with Crippen molar-refractivity contribution in [3.05, 3.63) is 4.13 Å². The van der Waals surface area contributed by atoms with E-state index in [2.05, 4.69) is 4.18 Å². The van der Waals surface area contributed by atoms with Crippen molar-refractivity contribution in [3.8, 4) is 0 Å². The molecule has 1 fully saturated rings. The second-order valence-electron chi connectivity index (χ2n) is 3.00. The largest absolute Gasteiger partial charge is 0.480 e. The molecule has 0 aromatic carbocycles. The Morgan fingerprint density at radius 2 is 1.82 bits per heavy atom. The Labute approximate surface area is 95.2 Å². The fraction of sp³-hybridized carbons (Fsp3) is 1.00. The third kappa shape index (κ3) is 4.06. The molecule has 0 bridgehead atoms. The Kier molecular flexibility index (Phi) is 4.03. The Hall–Kier alpha value is -0.430. The summed E-state index contributed by atoms with van der Waals surface area (Å²) in [5.41, 5.74) is -5.78. The van der Waals surface area contributed by atoms with E-state index in [4.69, 9.17) is 4.74 Å². The van der Waals surface area contributed by atoms with Gasteiger partial charge in [-0.25, -0.2) is 16.8 Å². The molecule has 0 radical (unpaired) electrons. The lowest BCUT2D eigenvalue weighted by atomic mass is 10.3. The molecule has 1 aliphatic heterocycles. The summed E-state index contributed by atoms with van der Waals surface area (Å²) in [6, 6.07) is 0. The first-order chi connectivity index (χ1) is 7.54. The molecule has 0 amide bonds. The number of hydrogen-bond acceptors (Lipinski definition) is 6. The van der Waals surface area contributed by atoms with Crippen LogP contribution in [0.15, 0.2) is 0 Å². The highest BCUT2D eigenvalue weighted by molar-refractivity contribution is 8.10. The van der Waals surface area contributed by atoms with Gasteiger partial charge >= 0.3 is 5.51 Å². The van der Waals surface area contributed by atoms with Crippen molar-refractivity contribution in [2.75, 3.05) is 13.2 Å². The molecule has 1 saturated heterocycles. The molecule has 0 N–H and O–H groups in total. The van der Waals surface area contributed by atoms with Crippen LogP contribution in [0.4, 0.5) is 13.2 Å². The second-order valence-corrected chi connectivity index (χ2v) is 6.06. The van der Waals surface area contributed by atoms with Gasteiger partial charge in [-0.15, -0.1) is 0 Å². The van der Waals surface area contributed by atoms with Crippen LogP contribution in [0.1, 0.15) is 6.42 Å². The smallest absolute Gasteiger partial charge is 0.404 e. The summed E-state index contributed by atoms with van der Waals surface area (Å²) in [6.07, 6.45) is -0.895. The van der Waals surface area contributed by atoms with Crippen molar-refractivity contribution in [1.29, 1.82) is 0 Å². The normalized spacial score (nSPS) is 22.9. The summed E-state index contributed by atoms with van der Waals surface area (Å²) in [7, 11) is -11.3. The Morgan fingerprint density at radius 1 is 1.24 bits per heavy atom. The molecule has 1 unspecified atom stereocenters. The minimum Gasteiger partial charge on any atom is -0.404 e. The van der Waals surface area contributed by atoms with Gasteiger partial charge in [-0.2, -0.15) is 13.2 Å². The maximum atomic E-state index is 11.9.